The van der Waals surface area contributed by atoms with Crippen molar-refractivity contribution < 1.29 is 29.1 Å². The smallest absolute Gasteiger partial charge is 0.305 e. The Morgan fingerprint density at radius 1 is 0.742 bits per heavy atom. The van der Waals surface area contributed by atoms with E-state index in [-0.39, 0.29) is 41.8 Å². The van der Waals surface area contributed by atoms with E-state index in [1.165, 1.54) is 0 Å². The molecule has 0 N–H and O–H groups in total. The van der Waals surface area contributed by atoms with Crippen LogP contribution in [-0.4, -0.2) is 30.6 Å². The van der Waals surface area contributed by atoms with Crippen LogP contribution in [0.4, 0.5) is 0 Å². The van der Waals surface area contributed by atoms with E-state index in [9.17, 15) is 4.79 Å². The number of ether oxygens (including phenoxy) is 1. The minimum atomic E-state index is -1.22. The zero-order chi connectivity index (χ0) is 24.1. The first-order chi connectivity index (χ1) is 14.3. The highest BCUT2D eigenvalue weighted by Gasteiger charge is 2.37. The average molecular weight is 447 g/mol. The van der Waals surface area contributed by atoms with Crippen molar-refractivity contribution in [3.63, 3.8) is 0 Å². The Morgan fingerprint density at radius 2 is 1.19 bits per heavy atom. The molecule has 186 valence electrons. The number of hydrogen-bond acceptors (Lipinski definition) is 6. The molecule has 0 aliphatic rings. The highest BCUT2D eigenvalue weighted by Crippen LogP contribution is 2.32. The lowest BCUT2D eigenvalue weighted by molar-refractivity contribution is -0.531. The normalized spacial score (nSPS) is 16.6. The van der Waals surface area contributed by atoms with Gasteiger partial charge in [0.15, 0.2) is 0 Å². The first kappa shape index (κ1) is 30.3. The van der Waals surface area contributed by atoms with Crippen LogP contribution >= 0.6 is 0 Å². The van der Waals surface area contributed by atoms with Crippen LogP contribution in [0.3, 0.4) is 0 Å². The Kier molecular flexibility index (Phi) is 14.1. The van der Waals surface area contributed by atoms with E-state index in [4.69, 9.17) is 24.3 Å². The standard InChI is InChI=1S/C25H50O6/c1-11-14-19-27-22(26)17-18-25(10,30-28-20(15-12-2)23(4,5)6)31-29-21(16-13-3)24(7,8)9/h20-21H,11-19H2,1-10H3. The number of esters is 1. The summed E-state index contributed by atoms with van der Waals surface area (Å²) >= 11 is 0. The molecule has 0 aromatic carbocycles. The molecular formula is C25H50O6. The summed E-state index contributed by atoms with van der Waals surface area (Å²) < 4.78 is 5.28. The minimum absolute atomic E-state index is 0.0903. The summed E-state index contributed by atoms with van der Waals surface area (Å²) in [6.45, 7) is 21.2. The Morgan fingerprint density at radius 3 is 1.55 bits per heavy atom. The van der Waals surface area contributed by atoms with Gasteiger partial charge in [-0.3, -0.25) is 4.79 Å². The van der Waals surface area contributed by atoms with Crippen LogP contribution in [0, 0.1) is 10.8 Å². The second-order valence-corrected chi connectivity index (χ2v) is 10.9. The molecule has 2 atom stereocenters. The summed E-state index contributed by atoms with van der Waals surface area (Å²) in [7, 11) is 0. The molecular weight excluding hydrogens is 396 g/mol. The van der Waals surface area contributed by atoms with Gasteiger partial charge in [0.2, 0.25) is 5.79 Å². The van der Waals surface area contributed by atoms with Crippen molar-refractivity contribution in [2.75, 3.05) is 6.61 Å². The summed E-state index contributed by atoms with van der Waals surface area (Å²) in [5.74, 6) is -1.49. The van der Waals surface area contributed by atoms with E-state index in [1.54, 1.807) is 6.92 Å². The molecule has 0 aliphatic carbocycles. The molecule has 6 nitrogen and oxygen atoms in total. The summed E-state index contributed by atoms with van der Waals surface area (Å²) in [6.07, 6.45) is 5.74. The monoisotopic (exact) mass is 446 g/mol. The van der Waals surface area contributed by atoms with Gasteiger partial charge in [0.05, 0.1) is 25.2 Å². The zero-order valence-corrected chi connectivity index (χ0v) is 22.0. The Bertz CT molecular complexity index is 449. The van der Waals surface area contributed by atoms with Crippen molar-refractivity contribution in [1.29, 1.82) is 0 Å². The van der Waals surface area contributed by atoms with Gasteiger partial charge in [-0.1, -0.05) is 81.6 Å². The van der Waals surface area contributed by atoms with E-state index in [2.05, 4.69) is 62.3 Å². The number of hydrogen-bond donors (Lipinski definition) is 0. The van der Waals surface area contributed by atoms with Gasteiger partial charge in [-0.25, -0.2) is 9.78 Å². The third-order valence-electron chi connectivity index (χ3n) is 5.26. The Hall–Kier alpha value is -0.690. The lowest BCUT2D eigenvalue weighted by atomic mass is 9.87. The van der Waals surface area contributed by atoms with Crippen molar-refractivity contribution in [3.8, 4) is 0 Å². The zero-order valence-electron chi connectivity index (χ0n) is 22.0. The molecule has 31 heavy (non-hydrogen) atoms. The van der Waals surface area contributed by atoms with Crippen molar-refractivity contribution in [1.82, 2.24) is 0 Å². The molecule has 6 heteroatoms. The van der Waals surface area contributed by atoms with Gasteiger partial charge in [0.25, 0.3) is 0 Å². The van der Waals surface area contributed by atoms with Crippen LogP contribution in [0.15, 0.2) is 0 Å². The van der Waals surface area contributed by atoms with Crippen LogP contribution in [0.2, 0.25) is 0 Å². The molecule has 0 radical (unpaired) electrons. The van der Waals surface area contributed by atoms with Crippen LogP contribution < -0.4 is 0 Å². The van der Waals surface area contributed by atoms with Crippen molar-refractivity contribution in [2.45, 2.75) is 139 Å². The molecule has 0 amide bonds. The van der Waals surface area contributed by atoms with Crippen LogP contribution in [0.25, 0.3) is 0 Å². The second-order valence-electron chi connectivity index (χ2n) is 10.9. The largest absolute Gasteiger partial charge is 0.466 e. The molecule has 0 fully saturated rings. The first-order valence-corrected chi connectivity index (χ1v) is 12.1. The predicted octanol–water partition coefficient (Wildman–Crippen LogP) is 7.15. The maximum Gasteiger partial charge on any atom is 0.305 e. The first-order valence-electron chi connectivity index (χ1n) is 12.1. The Labute approximate surface area is 191 Å². The molecule has 0 saturated carbocycles. The van der Waals surface area contributed by atoms with Crippen LogP contribution in [0.5, 0.6) is 0 Å². The molecule has 0 spiro atoms. The lowest BCUT2D eigenvalue weighted by Crippen LogP contribution is -2.40. The van der Waals surface area contributed by atoms with Crippen LogP contribution in [0.1, 0.15) is 121 Å². The van der Waals surface area contributed by atoms with Gasteiger partial charge in [-0.05, 0) is 37.0 Å². The van der Waals surface area contributed by atoms with Gasteiger partial charge in [-0.2, -0.15) is 9.78 Å². The predicted molar refractivity (Wildman–Crippen MR) is 124 cm³/mol. The van der Waals surface area contributed by atoms with E-state index < -0.39 is 5.79 Å². The third-order valence-corrected chi connectivity index (χ3v) is 5.26. The van der Waals surface area contributed by atoms with E-state index >= 15 is 0 Å². The fraction of sp³-hybridized carbons (Fsp3) is 0.960. The highest BCUT2D eigenvalue weighted by molar-refractivity contribution is 5.69. The van der Waals surface area contributed by atoms with Gasteiger partial charge < -0.3 is 4.74 Å². The summed E-state index contributed by atoms with van der Waals surface area (Å²) in [6, 6.07) is 0. The average Bonchev–Trinajstić information content (AvgIpc) is 2.65. The highest BCUT2D eigenvalue weighted by atomic mass is 17.3. The quantitative estimate of drug-likeness (QED) is 0.0824. The fourth-order valence-corrected chi connectivity index (χ4v) is 2.92. The number of carbonyl (C=O) groups excluding carboxylic acids is 1. The summed E-state index contributed by atoms with van der Waals surface area (Å²) in [5, 5.41) is 0. The second kappa shape index (κ2) is 14.5. The van der Waals surface area contributed by atoms with Gasteiger partial charge in [0, 0.05) is 6.42 Å². The summed E-state index contributed by atoms with van der Waals surface area (Å²) in [5.41, 5.74) is -0.181. The molecule has 0 aromatic heterocycles. The van der Waals surface area contributed by atoms with E-state index in [0.717, 1.165) is 38.5 Å². The minimum Gasteiger partial charge on any atom is -0.466 e. The fourth-order valence-electron chi connectivity index (χ4n) is 2.92. The van der Waals surface area contributed by atoms with Crippen molar-refractivity contribution in [2.24, 2.45) is 10.8 Å². The summed E-state index contributed by atoms with van der Waals surface area (Å²) in [4.78, 5) is 35.5. The number of carbonyl (C=O) groups is 1. The van der Waals surface area contributed by atoms with E-state index in [1.807, 2.05) is 0 Å². The maximum absolute atomic E-state index is 12.1. The lowest BCUT2D eigenvalue weighted by Gasteiger charge is -2.36. The molecule has 2 unspecified atom stereocenters. The molecule has 0 aliphatic heterocycles. The topological polar surface area (TPSA) is 63.2 Å². The van der Waals surface area contributed by atoms with Crippen molar-refractivity contribution in [3.05, 3.63) is 0 Å². The molecule has 0 heterocycles. The molecule has 0 bridgehead atoms. The third kappa shape index (κ3) is 13.5. The van der Waals surface area contributed by atoms with Crippen molar-refractivity contribution >= 4 is 5.97 Å². The van der Waals surface area contributed by atoms with Gasteiger partial charge in [-0.15, -0.1) is 0 Å². The van der Waals surface area contributed by atoms with Gasteiger partial charge in [0.1, 0.15) is 0 Å². The number of rotatable bonds is 16. The molecule has 0 aromatic rings. The van der Waals surface area contributed by atoms with Gasteiger partial charge >= 0.3 is 5.97 Å². The number of unbranched alkanes of at least 4 members (excludes halogenated alkanes) is 1. The van der Waals surface area contributed by atoms with E-state index in [0.29, 0.717) is 6.61 Å². The Balaban J connectivity index is 5.22. The molecule has 0 rings (SSSR count). The maximum atomic E-state index is 12.1. The van der Waals surface area contributed by atoms with Crippen LogP contribution in [-0.2, 0) is 29.1 Å². The SMILES string of the molecule is CCCCOC(=O)CCC(C)(OOC(CCC)C(C)(C)C)OOC(CCC)C(C)(C)C. The molecule has 0 saturated heterocycles.